The number of fused-ring (bicyclic) bond motifs is 1. The van der Waals surface area contributed by atoms with Crippen LogP contribution in [0, 0.1) is 0 Å². The quantitative estimate of drug-likeness (QED) is 0.887. The number of anilines is 1. The molecule has 1 aliphatic rings. The van der Waals surface area contributed by atoms with E-state index in [2.05, 4.69) is 5.32 Å². The van der Waals surface area contributed by atoms with Crippen LogP contribution in [-0.4, -0.2) is 20.1 Å². The molecule has 0 atom stereocenters. The molecule has 0 saturated heterocycles. The van der Waals surface area contributed by atoms with Crippen molar-refractivity contribution in [2.24, 2.45) is 0 Å². The van der Waals surface area contributed by atoms with Crippen LogP contribution in [0.2, 0.25) is 0 Å². The fourth-order valence-corrected chi connectivity index (χ4v) is 4.50. The first-order valence-electron chi connectivity index (χ1n) is 7.43. The number of nitrogens with one attached hydrogen (secondary N) is 1. The average molecular weight is 371 g/mol. The number of hydrogen-bond donors (Lipinski definition) is 1. The zero-order chi connectivity index (χ0) is 17.3. The summed E-state index contributed by atoms with van der Waals surface area (Å²) >= 11 is 1.47. The fourth-order valence-electron chi connectivity index (χ4n) is 2.63. The molecule has 1 amide bonds. The van der Waals surface area contributed by atoms with Crippen molar-refractivity contribution in [3.05, 3.63) is 45.6 Å². The average Bonchev–Trinajstić information content (AvgIpc) is 2.99. The number of hydrogen-bond acceptors (Lipinski definition) is 4. The summed E-state index contributed by atoms with van der Waals surface area (Å²) in [4.78, 5) is 13.7. The monoisotopic (exact) mass is 371 g/mol. The van der Waals surface area contributed by atoms with Crippen LogP contribution in [0.15, 0.2) is 35.2 Å². The molecule has 3 rings (SSSR count). The van der Waals surface area contributed by atoms with E-state index in [0.29, 0.717) is 10.6 Å². The van der Waals surface area contributed by atoms with Crippen molar-refractivity contribution in [2.75, 3.05) is 5.32 Å². The largest absolute Gasteiger partial charge is 0.341 e. The van der Waals surface area contributed by atoms with Gasteiger partial charge in [0, 0.05) is 10.6 Å². The third-order valence-corrected chi connectivity index (χ3v) is 6.53. The summed E-state index contributed by atoms with van der Waals surface area (Å²) in [5.41, 5.74) is 1.58. The molecular formula is C16H15F2NO3S2. The van der Waals surface area contributed by atoms with E-state index in [1.54, 1.807) is 0 Å². The maximum absolute atomic E-state index is 12.5. The Morgan fingerprint density at radius 3 is 2.42 bits per heavy atom. The number of carbonyl (C=O) groups excluding carboxylic acids is 1. The number of thiophene rings is 1. The lowest BCUT2D eigenvalue weighted by Crippen LogP contribution is -2.12. The van der Waals surface area contributed by atoms with E-state index in [-0.39, 0.29) is 5.91 Å². The van der Waals surface area contributed by atoms with Crippen molar-refractivity contribution in [1.82, 2.24) is 0 Å². The molecule has 128 valence electrons. The van der Waals surface area contributed by atoms with Gasteiger partial charge in [0.15, 0.2) is 0 Å². The third-order valence-electron chi connectivity index (χ3n) is 3.90. The van der Waals surface area contributed by atoms with Crippen LogP contribution in [0.25, 0.3) is 0 Å². The molecule has 24 heavy (non-hydrogen) atoms. The number of sulfone groups is 1. The molecule has 0 saturated carbocycles. The molecule has 8 heteroatoms. The lowest BCUT2D eigenvalue weighted by molar-refractivity contribution is 0.103. The highest BCUT2D eigenvalue weighted by molar-refractivity contribution is 7.91. The van der Waals surface area contributed by atoms with E-state index in [4.69, 9.17) is 0 Å². The van der Waals surface area contributed by atoms with Crippen LogP contribution in [0.4, 0.5) is 14.5 Å². The van der Waals surface area contributed by atoms with Crippen molar-refractivity contribution in [1.29, 1.82) is 0 Å². The molecule has 2 aromatic rings. The van der Waals surface area contributed by atoms with E-state index in [9.17, 15) is 22.0 Å². The molecule has 1 aromatic carbocycles. The summed E-state index contributed by atoms with van der Waals surface area (Å²) in [7, 11) is -4.62. The smallest absolute Gasteiger partial charge is 0.321 e. The molecule has 0 aliphatic heterocycles. The molecule has 0 spiro atoms. The molecule has 1 aromatic heterocycles. The van der Waals surface area contributed by atoms with Crippen molar-refractivity contribution < 1.29 is 22.0 Å². The summed E-state index contributed by atoms with van der Waals surface area (Å²) < 4.78 is 47.7. The summed E-state index contributed by atoms with van der Waals surface area (Å²) in [6.45, 7) is 0. The molecule has 4 nitrogen and oxygen atoms in total. The van der Waals surface area contributed by atoms with Gasteiger partial charge in [0.25, 0.3) is 5.91 Å². The van der Waals surface area contributed by atoms with Crippen LogP contribution >= 0.6 is 11.3 Å². The highest BCUT2D eigenvalue weighted by Gasteiger charge is 2.26. The highest BCUT2D eigenvalue weighted by atomic mass is 32.2. The lowest BCUT2D eigenvalue weighted by Gasteiger charge is -2.08. The van der Waals surface area contributed by atoms with Crippen molar-refractivity contribution in [2.45, 2.75) is 36.3 Å². The van der Waals surface area contributed by atoms with Gasteiger partial charge in [0.1, 0.15) is 0 Å². The van der Waals surface area contributed by atoms with Crippen LogP contribution < -0.4 is 5.32 Å². The minimum absolute atomic E-state index is 0.279. The molecule has 1 heterocycles. The molecule has 1 aliphatic carbocycles. The van der Waals surface area contributed by atoms with Crippen LogP contribution in [0.1, 0.15) is 33.0 Å². The molecule has 0 radical (unpaired) electrons. The van der Waals surface area contributed by atoms with Gasteiger partial charge < -0.3 is 5.32 Å². The van der Waals surface area contributed by atoms with Gasteiger partial charge in [0.05, 0.1) is 9.77 Å². The molecule has 0 unspecified atom stereocenters. The summed E-state index contributed by atoms with van der Waals surface area (Å²) in [6.07, 6.45) is 4.24. The Morgan fingerprint density at radius 1 is 1.12 bits per heavy atom. The fraction of sp³-hybridized carbons (Fsp3) is 0.312. The zero-order valence-corrected chi connectivity index (χ0v) is 14.2. The van der Waals surface area contributed by atoms with Crippen molar-refractivity contribution in [3.8, 4) is 0 Å². The van der Waals surface area contributed by atoms with Crippen LogP contribution in [0.5, 0.6) is 0 Å². The number of amides is 1. The SMILES string of the molecule is O=C(Nc1ccc(S(=O)(=O)C(F)F)cc1)c1cc2c(s1)CCCC2. The van der Waals surface area contributed by atoms with E-state index < -0.39 is 20.5 Å². The lowest BCUT2D eigenvalue weighted by atomic mass is 9.99. The highest BCUT2D eigenvalue weighted by Crippen LogP contribution is 2.30. The predicted molar refractivity (Wildman–Crippen MR) is 88.5 cm³/mol. The Morgan fingerprint density at radius 2 is 1.79 bits per heavy atom. The standard InChI is InChI=1S/C16H15F2NO3S2/c17-16(18)24(21,22)12-7-5-11(6-8-12)19-15(20)14-9-10-3-1-2-4-13(10)23-14/h5-9,16H,1-4H2,(H,19,20). The number of rotatable bonds is 4. The van der Waals surface area contributed by atoms with Crippen molar-refractivity contribution >= 4 is 32.8 Å². The minimum atomic E-state index is -4.62. The normalized spacial score (nSPS) is 14.5. The number of alkyl halides is 2. The number of benzene rings is 1. The Bertz CT molecular complexity index is 834. The van der Waals surface area contributed by atoms with E-state index >= 15 is 0 Å². The second kappa shape index (κ2) is 6.60. The summed E-state index contributed by atoms with van der Waals surface area (Å²) in [5.74, 6) is -3.74. The van der Waals surface area contributed by atoms with E-state index in [1.807, 2.05) is 6.07 Å². The van der Waals surface area contributed by atoms with Gasteiger partial charge >= 0.3 is 5.76 Å². The van der Waals surface area contributed by atoms with Gasteiger partial charge in [0.2, 0.25) is 9.84 Å². The van der Waals surface area contributed by atoms with Gasteiger partial charge in [-0.3, -0.25) is 4.79 Å². The Labute approximate surface area is 142 Å². The zero-order valence-electron chi connectivity index (χ0n) is 12.6. The first-order valence-corrected chi connectivity index (χ1v) is 9.79. The minimum Gasteiger partial charge on any atom is -0.321 e. The second-order valence-electron chi connectivity index (χ2n) is 5.55. The maximum atomic E-state index is 12.5. The van der Waals surface area contributed by atoms with Gasteiger partial charge in [-0.1, -0.05) is 0 Å². The Kier molecular flexibility index (Phi) is 4.69. The number of carbonyl (C=O) groups is 1. The van der Waals surface area contributed by atoms with Gasteiger partial charge in [-0.2, -0.15) is 8.78 Å². The van der Waals surface area contributed by atoms with E-state index in [0.717, 1.165) is 37.8 Å². The molecule has 0 fully saturated rings. The summed E-state index contributed by atoms with van der Waals surface area (Å²) in [5, 5.41) is 2.66. The van der Waals surface area contributed by atoms with Gasteiger partial charge in [-0.15, -0.1) is 11.3 Å². The first kappa shape index (κ1) is 17.0. The van der Waals surface area contributed by atoms with Crippen LogP contribution in [-0.2, 0) is 22.7 Å². The molecule has 0 bridgehead atoms. The van der Waals surface area contributed by atoms with Crippen molar-refractivity contribution in [3.63, 3.8) is 0 Å². The number of halogens is 2. The van der Waals surface area contributed by atoms with Crippen LogP contribution in [0.3, 0.4) is 0 Å². The Hall–Kier alpha value is -1.80. The summed E-state index contributed by atoms with van der Waals surface area (Å²) in [6, 6.07) is 6.64. The number of aryl methyl sites for hydroxylation is 2. The maximum Gasteiger partial charge on any atom is 0.341 e. The van der Waals surface area contributed by atoms with Gasteiger partial charge in [-0.05, 0) is 61.6 Å². The Balaban J connectivity index is 1.74. The predicted octanol–water partition coefficient (Wildman–Crippen LogP) is 3.88. The topological polar surface area (TPSA) is 63.2 Å². The van der Waals surface area contributed by atoms with E-state index in [1.165, 1.54) is 33.9 Å². The molecular weight excluding hydrogens is 356 g/mol. The van der Waals surface area contributed by atoms with Gasteiger partial charge in [-0.25, -0.2) is 8.42 Å². The third kappa shape index (κ3) is 3.34. The molecule has 1 N–H and O–H groups in total. The second-order valence-corrected chi connectivity index (χ2v) is 8.60. The first-order chi connectivity index (χ1) is 11.4.